The van der Waals surface area contributed by atoms with Crippen LogP contribution in [-0.4, -0.2) is 34.1 Å². The molecule has 1 aromatic carbocycles. The molecule has 6 nitrogen and oxygen atoms in total. The Balaban J connectivity index is 2.14. The van der Waals surface area contributed by atoms with Gasteiger partial charge in [-0.2, -0.15) is 0 Å². The van der Waals surface area contributed by atoms with E-state index in [1.54, 1.807) is 5.38 Å². The number of ether oxygens (including phenoxy) is 1. The molecule has 0 saturated carbocycles. The summed E-state index contributed by atoms with van der Waals surface area (Å²) in [5.41, 5.74) is -0.275. The van der Waals surface area contributed by atoms with Gasteiger partial charge in [-0.15, -0.1) is 11.3 Å². The van der Waals surface area contributed by atoms with Crippen molar-refractivity contribution in [3.8, 4) is 16.3 Å². The predicted octanol–water partition coefficient (Wildman–Crippen LogP) is 2.80. The van der Waals surface area contributed by atoms with Gasteiger partial charge < -0.3 is 15.2 Å². The van der Waals surface area contributed by atoms with Crippen LogP contribution in [0.25, 0.3) is 10.6 Å². The van der Waals surface area contributed by atoms with Gasteiger partial charge in [-0.25, -0.2) is 9.78 Å². The van der Waals surface area contributed by atoms with Crippen LogP contribution in [0.3, 0.4) is 0 Å². The zero-order chi connectivity index (χ0) is 17.0. The topological polar surface area (TPSA) is 88.5 Å². The largest absolute Gasteiger partial charge is 0.494 e. The minimum absolute atomic E-state index is 0.202. The third kappa shape index (κ3) is 4.07. The van der Waals surface area contributed by atoms with Crippen LogP contribution in [0.1, 0.15) is 31.3 Å². The van der Waals surface area contributed by atoms with Crippen LogP contribution in [0.15, 0.2) is 29.6 Å². The number of carboxylic acid groups (broad SMARTS) is 1. The number of amides is 1. The van der Waals surface area contributed by atoms with Crippen LogP contribution in [0.5, 0.6) is 5.75 Å². The van der Waals surface area contributed by atoms with E-state index in [1.807, 2.05) is 31.2 Å². The molecule has 2 rings (SSSR count). The van der Waals surface area contributed by atoms with Gasteiger partial charge in [0.1, 0.15) is 22.0 Å². The van der Waals surface area contributed by atoms with Gasteiger partial charge in [0.15, 0.2) is 0 Å². The van der Waals surface area contributed by atoms with Crippen LogP contribution in [0, 0.1) is 0 Å². The van der Waals surface area contributed by atoms with Crippen LogP contribution >= 0.6 is 11.3 Å². The number of benzene rings is 1. The van der Waals surface area contributed by atoms with E-state index in [1.165, 1.54) is 25.2 Å². The fourth-order valence-electron chi connectivity index (χ4n) is 1.77. The van der Waals surface area contributed by atoms with E-state index < -0.39 is 17.4 Å². The maximum atomic E-state index is 12.1. The molecule has 7 heteroatoms. The van der Waals surface area contributed by atoms with Crippen molar-refractivity contribution in [1.29, 1.82) is 0 Å². The van der Waals surface area contributed by atoms with Gasteiger partial charge in [0, 0.05) is 10.9 Å². The molecule has 1 amide bonds. The maximum absolute atomic E-state index is 12.1. The van der Waals surface area contributed by atoms with Crippen LogP contribution in [0.4, 0.5) is 0 Å². The molecule has 2 aromatic rings. The Bertz CT molecular complexity index is 707. The Morgan fingerprint density at radius 2 is 1.96 bits per heavy atom. The number of carbonyl (C=O) groups excluding carboxylic acids is 1. The molecule has 0 bridgehead atoms. The fourth-order valence-corrected chi connectivity index (χ4v) is 2.58. The zero-order valence-corrected chi connectivity index (χ0v) is 13.9. The highest BCUT2D eigenvalue weighted by Gasteiger charge is 2.30. The molecule has 0 fully saturated rings. The summed E-state index contributed by atoms with van der Waals surface area (Å²) >= 11 is 1.32. The van der Waals surface area contributed by atoms with Crippen molar-refractivity contribution in [2.24, 2.45) is 0 Å². The number of rotatable bonds is 6. The predicted molar refractivity (Wildman–Crippen MR) is 87.9 cm³/mol. The summed E-state index contributed by atoms with van der Waals surface area (Å²) in [7, 11) is 0. The maximum Gasteiger partial charge on any atom is 0.328 e. The van der Waals surface area contributed by atoms with Crippen molar-refractivity contribution in [1.82, 2.24) is 10.3 Å². The smallest absolute Gasteiger partial charge is 0.328 e. The van der Waals surface area contributed by atoms with E-state index in [9.17, 15) is 9.59 Å². The Morgan fingerprint density at radius 3 is 2.52 bits per heavy atom. The molecule has 122 valence electrons. The monoisotopic (exact) mass is 334 g/mol. The lowest BCUT2D eigenvalue weighted by molar-refractivity contribution is -0.143. The standard InChI is InChI=1S/C16H18N2O4S/c1-4-22-11-7-5-10(6-8-11)14-17-12(9-23-14)13(19)18-16(2,3)15(20)21/h5-9H,4H2,1-3H3,(H,18,19)(H,20,21). The average Bonchev–Trinajstić information content (AvgIpc) is 2.98. The molecule has 1 aromatic heterocycles. The normalized spacial score (nSPS) is 11.1. The Labute approximate surface area is 138 Å². The number of aromatic nitrogens is 1. The Kier molecular flexibility index (Phi) is 5.00. The molecule has 0 radical (unpaired) electrons. The number of hydrogen-bond acceptors (Lipinski definition) is 5. The van der Waals surface area contributed by atoms with Crippen LogP contribution < -0.4 is 10.1 Å². The lowest BCUT2D eigenvalue weighted by atomic mass is 10.1. The minimum Gasteiger partial charge on any atom is -0.494 e. The lowest BCUT2D eigenvalue weighted by Crippen LogP contribution is -2.49. The summed E-state index contributed by atoms with van der Waals surface area (Å²) in [5, 5.41) is 13.8. The number of hydrogen-bond donors (Lipinski definition) is 2. The first-order valence-electron chi connectivity index (χ1n) is 7.08. The highest BCUT2D eigenvalue weighted by atomic mass is 32.1. The SMILES string of the molecule is CCOc1ccc(-c2nc(C(=O)NC(C)(C)C(=O)O)cs2)cc1. The van der Waals surface area contributed by atoms with Crippen LogP contribution in [0.2, 0.25) is 0 Å². The van der Waals surface area contributed by atoms with Crippen molar-refractivity contribution >= 4 is 23.2 Å². The molecule has 0 aliphatic carbocycles. The minimum atomic E-state index is -1.35. The molecule has 0 atom stereocenters. The number of carboxylic acids is 1. The first-order valence-corrected chi connectivity index (χ1v) is 7.96. The van der Waals surface area contributed by atoms with Crippen molar-refractivity contribution in [2.45, 2.75) is 26.3 Å². The molecule has 1 heterocycles. The summed E-state index contributed by atoms with van der Waals surface area (Å²) in [6.07, 6.45) is 0. The molecule has 23 heavy (non-hydrogen) atoms. The summed E-state index contributed by atoms with van der Waals surface area (Å²) in [6, 6.07) is 7.42. The van der Waals surface area contributed by atoms with Gasteiger partial charge in [0.05, 0.1) is 6.61 Å². The van der Waals surface area contributed by atoms with Gasteiger partial charge in [-0.1, -0.05) is 0 Å². The number of thiazole rings is 1. The van der Waals surface area contributed by atoms with E-state index >= 15 is 0 Å². The van der Waals surface area contributed by atoms with E-state index in [-0.39, 0.29) is 5.69 Å². The molecule has 0 aliphatic rings. The van der Waals surface area contributed by atoms with E-state index in [4.69, 9.17) is 9.84 Å². The van der Waals surface area contributed by atoms with Crippen LogP contribution in [-0.2, 0) is 4.79 Å². The average molecular weight is 334 g/mol. The summed E-state index contributed by atoms with van der Waals surface area (Å²) < 4.78 is 5.38. The van der Waals surface area contributed by atoms with E-state index in [0.717, 1.165) is 11.3 Å². The van der Waals surface area contributed by atoms with Gasteiger partial charge in [0.2, 0.25) is 0 Å². The fraction of sp³-hybridized carbons (Fsp3) is 0.312. The Hall–Kier alpha value is -2.41. The van der Waals surface area contributed by atoms with Crippen molar-refractivity contribution in [2.75, 3.05) is 6.61 Å². The van der Waals surface area contributed by atoms with Crippen molar-refractivity contribution in [3.63, 3.8) is 0 Å². The molecule has 0 unspecified atom stereocenters. The third-order valence-electron chi connectivity index (χ3n) is 3.11. The highest BCUT2D eigenvalue weighted by molar-refractivity contribution is 7.13. The van der Waals surface area contributed by atoms with Crippen molar-refractivity contribution < 1.29 is 19.4 Å². The van der Waals surface area contributed by atoms with Gasteiger partial charge in [-0.3, -0.25) is 4.79 Å². The summed E-state index contributed by atoms with van der Waals surface area (Å²) in [5.74, 6) is -0.840. The van der Waals surface area contributed by atoms with Gasteiger partial charge in [-0.05, 0) is 45.0 Å². The lowest BCUT2D eigenvalue weighted by Gasteiger charge is -2.20. The highest BCUT2D eigenvalue weighted by Crippen LogP contribution is 2.26. The third-order valence-corrected chi connectivity index (χ3v) is 4.00. The second-order valence-electron chi connectivity index (χ2n) is 5.38. The molecule has 0 aliphatic heterocycles. The molecule has 0 spiro atoms. The van der Waals surface area contributed by atoms with E-state index in [0.29, 0.717) is 11.6 Å². The number of carbonyl (C=O) groups is 2. The Morgan fingerprint density at radius 1 is 1.30 bits per heavy atom. The van der Waals surface area contributed by atoms with Crippen molar-refractivity contribution in [3.05, 3.63) is 35.3 Å². The number of aliphatic carboxylic acids is 1. The second kappa shape index (κ2) is 6.78. The molecular formula is C16H18N2O4S. The summed E-state index contributed by atoms with van der Waals surface area (Å²) in [4.78, 5) is 27.4. The number of nitrogens with one attached hydrogen (secondary N) is 1. The molecule has 2 N–H and O–H groups in total. The summed E-state index contributed by atoms with van der Waals surface area (Å²) in [6.45, 7) is 5.36. The first kappa shape index (κ1) is 17.0. The van der Waals surface area contributed by atoms with Gasteiger partial charge >= 0.3 is 5.97 Å². The molecular weight excluding hydrogens is 316 g/mol. The molecule has 0 saturated heterocycles. The second-order valence-corrected chi connectivity index (χ2v) is 6.24. The zero-order valence-electron chi connectivity index (χ0n) is 13.1. The van der Waals surface area contributed by atoms with E-state index in [2.05, 4.69) is 10.3 Å². The number of nitrogens with zero attached hydrogens (tertiary/aromatic N) is 1. The first-order chi connectivity index (χ1) is 10.8. The van der Waals surface area contributed by atoms with Gasteiger partial charge in [0.25, 0.3) is 5.91 Å². The quantitative estimate of drug-likeness (QED) is 0.848.